The highest BCUT2D eigenvalue weighted by atomic mass is 79.9. The monoisotopic (exact) mass is 342 g/mol. The smallest absolute Gasteiger partial charge is 0.263 e. The van der Waals surface area contributed by atoms with E-state index in [0.29, 0.717) is 23.7 Å². The Kier molecular flexibility index (Phi) is 4.79. The molecule has 1 amide bonds. The van der Waals surface area contributed by atoms with Crippen molar-refractivity contribution in [1.82, 2.24) is 5.32 Å². The number of carbonyl (C=O) groups excluding carboxylic acids is 1. The van der Waals surface area contributed by atoms with Crippen LogP contribution in [0.1, 0.15) is 16.1 Å². The molecule has 4 nitrogen and oxygen atoms in total. The number of hydrogen-bond donors (Lipinski definition) is 2. The van der Waals surface area contributed by atoms with Gasteiger partial charge in [0, 0.05) is 34.8 Å². The first kappa shape index (κ1) is 14.3. The third kappa shape index (κ3) is 3.26. The lowest BCUT2D eigenvalue weighted by atomic mass is 10.2. The number of carbonyl (C=O) groups is 1. The Bertz CT molecular complexity index is 598. The van der Waals surface area contributed by atoms with E-state index in [-0.39, 0.29) is 5.91 Å². The largest absolute Gasteiger partial charge is 0.397 e. The van der Waals surface area contributed by atoms with E-state index in [4.69, 9.17) is 10.5 Å². The Hall–Kier alpha value is -1.11. The lowest BCUT2D eigenvalue weighted by molar-refractivity contribution is 0.0953. The number of halogens is 1. The molecule has 1 aromatic heterocycles. The minimum Gasteiger partial charge on any atom is -0.397 e. The summed E-state index contributed by atoms with van der Waals surface area (Å²) in [7, 11) is 1.64. The molecule has 1 heterocycles. The van der Waals surface area contributed by atoms with Gasteiger partial charge < -0.3 is 15.8 Å². The first-order valence-electron chi connectivity index (χ1n) is 5.88. The van der Waals surface area contributed by atoms with Gasteiger partial charge in [0.15, 0.2) is 0 Å². The number of nitrogen functional groups attached to an aromatic ring is 1. The zero-order valence-electron chi connectivity index (χ0n) is 10.5. The van der Waals surface area contributed by atoms with Gasteiger partial charge in [-0.15, -0.1) is 11.3 Å². The predicted octanol–water partition coefficient (Wildman–Crippen LogP) is 3.01. The number of ether oxygens (including phenoxy) is 1. The maximum Gasteiger partial charge on any atom is 0.263 e. The Labute approximate surface area is 124 Å². The van der Waals surface area contributed by atoms with E-state index in [0.717, 1.165) is 21.0 Å². The number of benzene rings is 1. The van der Waals surface area contributed by atoms with E-state index in [1.54, 1.807) is 7.11 Å². The zero-order valence-corrected chi connectivity index (χ0v) is 12.9. The van der Waals surface area contributed by atoms with Gasteiger partial charge in [-0.05, 0) is 18.6 Å². The summed E-state index contributed by atoms with van der Waals surface area (Å²) >= 11 is 4.83. The molecule has 0 saturated heterocycles. The van der Waals surface area contributed by atoms with E-state index in [9.17, 15) is 4.79 Å². The SMILES string of the molecule is COCCCNC(=O)c1sc2cc(Br)ccc2c1N. The summed E-state index contributed by atoms with van der Waals surface area (Å²) in [6.45, 7) is 1.22. The fourth-order valence-corrected chi connectivity index (χ4v) is 3.35. The van der Waals surface area contributed by atoms with Crippen molar-refractivity contribution in [3.63, 3.8) is 0 Å². The van der Waals surface area contributed by atoms with Gasteiger partial charge in [-0.25, -0.2) is 0 Å². The summed E-state index contributed by atoms with van der Waals surface area (Å²) in [5.41, 5.74) is 6.58. The molecule has 0 atom stereocenters. The molecule has 0 fully saturated rings. The highest BCUT2D eigenvalue weighted by Crippen LogP contribution is 2.35. The van der Waals surface area contributed by atoms with Crippen LogP contribution in [0.2, 0.25) is 0 Å². The summed E-state index contributed by atoms with van der Waals surface area (Å²) < 4.78 is 6.92. The summed E-state index contributed by atoms with van der Waals surface area (Å²) in [5.74, 6) is -0.120. The van der Waals surface area contributed by atoms with E-state index in [1.807, 2.05) is 18.2 Å². The molecule has 6 heteroatoms. The molecule has 0 aliphatic heterocycles. The summed E-state index contributed by atoms with van der Waals surface area (Å²) in [5, 5.41) is 3.78. The standard InChI is InChI=1S/C13H15BrN2O2S/c1-18-6-2-5-16-13(17)12-11(15)9-4-3-8(14)7-10(9)19-12/h3-4,7H,2,5-6,15H2,1H3,(H,16,17). The van der Waals surface area contributed by atoms with Crippen molar-refractivity contribution in [3.8, 4) is 0 Å². The second kappa shape index (κ2) is 6.36. The van der Waals surface area contributed by atoms with Crippen molar-refractivity contribution in [2.45, 2.75) is 6.42 Å². The van der Waals surface area contributed by atoms with Crippen LogP contribution >= 0.6 is 27.3 Å². The van der Waals surface area contributed by atoms with E-state index in [1.165, 1.54) is 11.3 Å². The molecule has 102 valence electrons. The number of amides is 1. The van der Waals surface area contributed by atoms with Gasteiger partial charge >= 0.3 is 0 Å². The van der Waals surface area contributed by atoms with Gasteiger partial charge in [-0.1, -0.05) is 22.0 Å². The molecule has 19 heavy (non-hydrogen) atoms. The second-order valence-electron chi connectivity index (χ2n) is 4.09. The fourth-order valence-electron chi connectivity index (χ4n) is 1.76. The maximum absolute atomic E-state index is 12.0. The predicted molar refractivity (Wildman–Crippen MR) is 82.8 cm³/mol. The molecule has 3 N–H and O–H groups in total. The molecule has 0 saturated carbocycles. The first-order chi connectivity index (χ1) is 9.13. The number of rotatable bonds is 5. The highest BCUT2D eigenvalue weighted by molar-refractivity contribution is 9.10. The van der Waals surface area contributed by atoms with Gasteiger partial charge in [-0.2, -0.15) is 0 Å². The fraction of sp³-hybridized carbons (Fsp3) is 0.308. The summed E-state index contributed by atoms with van der Waals surface area (Å²) in [6, 6.07) is 5.82. The van der Waals surface area contributed by atoms with Crippen LogP contribution in [0.3, 0.4) is 0 Å². The lowest BCUT2D eigenvalue weighted by Gasteiger charge is -2.03. The molecule has 0 unspecified atom stereocenters. The van der Waals surface area contributed by atoms with Crippen LogP contribution in [0.15, 0.2) is 22.7 Å². The number of thiophene rings is 1. The van der Waals surface area contributed by atoms with Crippen LogP contribution in [0.25, 0.3) is 10.1 Å². The third-order valence-electron chi connectivity index (χ3n) is 2.71. The van der Waals surface area contributed by atoms with Crippen molar-refractivity contribution in [2.24, 2.45) is 0 Å². The van der Waals surface area contributed by atoms with Crippen molar-refractivity contribution >= 4 is 48.9 Å². The van der Waals surface area contributed by atoms with Crippen molar-refractivity contribution < 1.29 is 9.53 Å². The van der Waals surface area contributed by atoms with Gasteiger partial charge in [0.1, 0.15) is 4.88 Å². The number of hydrogen-bond acceptors (Lipinski definition) is 4. The van der Waals surface area contributed by atoms with Crippen molar-refractivity contribution in [3.05, 3.63) is 27.5 Å². The highest BCUT2D eigenvalue weighted by Gasteiger charge is 2.15. The number of methoxy groups -OCH3 is 1. The second-order valence-corrected chi connectivity index (χ2v) is 6.06. The minimum atomic E-state index is -0.120. The molecule has 0 aliphatic rings. The van der Waals surface area contributed by atoms with Crippen LogP contribution in [0.4, 0.5) is 5.69 Å². The first-order valence-corrected chi connectivity index (χ1v) is 7.49. The van der Waals surface area contributed by atoms with Gasteiger partial charge in [0.25, 0.3) is 5.91 Å². The number of nitrogens with one attached hydrogen (secondary N) is 1. The molecule has 0 radical (unpaired) electrons. The molecule has 0 aliphatic carbocycles. The number of fused-ring (bicyclic) bond motifs is 1. The molecule has 0 spiro atoms. The van der Waals surface area contributed by atoms with Crippen LogP contribution in [0.5, 0.6) is 0 Å². The Morgan fingerprint density at radius 3 is 3.05 bits per heavy atom. The normalized spacial score (nSPS) is 10.8. The van der Waals surface area contributed by atoms with Crippen LogP contribution in [-0.2, 0) is 4.74 Å². The quantitative estimate of drug-likeness (QED) is 0.821. The van der Waals surface area contributed by atoms with Gasteiger partial charge in [0.05, 0.1) is 5.69 Å². The molecule has 0 bridgehead atoms. The maximum atomic E-state index is 12.0. The van der Waals surface area contributed by atoms with Crippen LogP contribution in [0, 0.1) is 0 Å². The molecular formula is C13H15BrN2O2S. The van der Waals surface area contributed by atoms with Crippen LogP contribution < -0.4 is 11.1 Å². The van der Waals surface area contributed by atoms with Gasteiger partial charge in [-0.3, -0.25) is 4.79 Å². The number of nitrogens with two attached hydrogens (primary N) is 1. The average Bonchev–Trinajstić information content (AvgIpc) is 2.71. The minimum absolute atomic E-state index is 0.120. The summed E-state index contributed by atoms with van der Waals surface area (Å²) in [4.78, 5) is 12.6. The molecule has 2 aromatic rings. The topological polar surface area (TPSA) is 64.3 Å². The third-order valence-corrected chi connectivity index (χ3v) is 4.37. The molecular weight excluding hydrogens is 328 g/mol. The lowest BCUT2D eigenvalue weighted by Crippen LogP contribution is -2.25. The van der Waals surface area contributed by atoms with Crippen LogP contribution in [-0.4, -0.2) is 26.2 Å². The Balaban J connectivity index is 2.15. The zero-order chi connectivity index (χ0) is 13.8. The molecule has 1 aromatic carbocycles. The van der Waals surface area contributed by atoms with Crippen molar-refractivity contribution in [2.75, 3.05) is 26.0 Å². The molecule has 2 rings (SSSR count). The van der Waals surface area contributed by atoms with E-state index in [2.05, 4.69) is 21.2 Å². The average molecular weight is 343 g/mol. The Morgan fingerprint density at radius 2 is 2.32 bits per heavy atom. The Morgan fingerprint density at radius 1 is 1.53 bits per heavy atom. The van der Waals surface area contributed by atoms with E-state index >= 15 is 0 Å². The van der Waals surface area contributed by atoms with Gasteiger partial charge in [0.2, 0.25) is 0 Å². The van der Waals surface area contributed by atoms with Crippen molar-refractivity contribution in [1.29, 1.82) is 0 Å². The summed E-state index contributed by atoms with van der Waals surface area (Å²) in [6.07, 6.45) is 0.790. The number of anilines is 1. The van der Waals surface area contributed by atoms with E-state index < -0.39 is 0 Å².